The highest BCUT2D eigenvalue weighted by molar-refractivity contribution is 7.09. The van der Waals surface area contributed by atoms with Gasteiger partial charge >= 0.3 is 6.18 Å². The zero-order valence-corrected chi connectivity index (χ0v) is 18.8. The number of aliphatic hydroxyl groups excluding tert-OH is 1. The van der Waals surface area contributed by atoms with E-state index in [2.05, 4.69) is 28.5 Å². The van der Waals surface area contributed by atoms with Gasteiger partial charge < -0.3 is 14.4 Å². The molecule has 0 saturated heterocycles. The summed E-state index contributed by atoms with van der Waals surface area (Å²) in [4.78, 5) is 0. The highest BCUT2D eigenvalue weighted by Crippen LogP contribution is 2.41. The lowest BCUT2D eigenvalue weighted by molar-refractivity contribution is -0.137. The van der Waals surface area contributed by atoms with Crippen LogP contribution in [0, 0.1) is 11.8 Å². The number of unbranched alkanes of at least 4 members (excludes halogenated alkanes) is 1. The number of rotatable bonds is 11. The van der Waals surface area contributed by atoms with Crippen molar-refractivity contribution in [3.63, 3.8) is 0 Å². The molecule has 0 bridgehead atoms. The molecule has 1 aliphatic rings. The van der Waals surface area contributed by atoms with Crippen LogP contribution in [0.3, 0.4) is 0 Å². The minimum Gasteiger partial charge on any atom is -0.491 e. The van der Waals surface area contributed by atoms with Gasteiger partial charge in [0, 0.05) is 21.8 Å². The van der Waals surface area contributed by atoms with Gasteiger partial charge in [-0.25, -0.2) is 4.39 Å². The van der Waals surface area contributed by atoms with E-state index in [-0.39, 0.29) is 24.4 Å². The SMILES string of the molecule is CCC/C=C\CC[C@H]1C(OP)CC(F)[C@@H]1/C=C/C(O)COc1cccc(C(F)(F)F)c1. The molecule has 8 heteroatoms. The monoisotopic (exact) mass is 462 g/mol. The van der Waals surface area contributed by atoms with Crippen molar-refractivity contribution in [2.24, 2.45) is 11.8 Å². The van der Waals surface area contributed by atoms with Crippen LogP contribution < -0.4 is 4.74 Å². The molecule has 0 heterocycles. The van der Waals surface area contributed by atoms with E-state index < -0.39 is 29.9 Å². The average molecular weight is 462 g/mol. The quantitative estimate of drug-likeness (QED) is 0.239. The Bertz CT molecular complexity index is 723. The molecule has 6 atom stereocenters. The number of allylic oxidation sites excluding steroid dienone is 3. The molecule has 0 amide bonds. The van der Waals surface area contributed by atoms with Crippen LogP contribution in [0.5, 0.6) is 5.75 Å². The van der Waals surface area contributed by atoms with E-state index in [1.165, 1.54) is 18.2 Å². The Morgan fingerprint density at radius 3 is 2.68 bits per heavy atom. The summed E-state index contributed by atoms with van der Waals surface area (Å²) in [6, 6.07) is 4.47. The summed E-state index contributed by atoms with van der Waals surface area (Å²) in [5.74, 6) is -0.403. The van der Waals surface area contributed by atoms with Crippen molar-refractivity contribution in [1.29, 1.82) is 0 Å². The topological polar surface area (TPSA) is 38.7 Å². The van der Waals surface area contributed by atoms with Gasteiger partial charge in [0.1, 0.15) is 24.6 Å². The van der Waals surface area contributed by atoms with Crippen LogP contribution in [0.15, 0.2) is 48.6 Å². The van der Waals surface area contributed by atoms with Crippen molar-refractivity contribution in [3.05, 3.63) is 54.1 Å². The third-order valence-corrected chi connectivity index (χ3v) is 5.80. The first-order chi connectivity index (χ1) is 14.8. The number of alkyl halides is 4. The third kappa shape index (κ3) is 8.21. The van der Waals surface area contributed by atoms with Gasteiger partial charge in [0.05, 0.1) is 11.7 Å². The summed E-state index contributed by atoms with van der Waals surface area (Å²) in [5, 5.41) is 10.2. The van der Waals surface area contributed by atoms with Crippen molar-refractivity contribution in [3.8, 4) is 5.75 Å². The largest absolute Gasteiger partial charge is 0.491 e. The molecule has 31 heavy (non-hydrogen) atoms. The lowest BCUT2D eigenvalue weighted by Crippen LogP contribution is -2.21. The summed E-state index contributed by atoms with van der Waals surface area (Å²) in [7, 11) is 2.21. The molecule has 3 nitrogen and oxygen atoms in total. The number of aliphatic hydroxyl groups is 1. The van der Waals surface area contributed by atoms with E-state index in [4.69, 9.17) is 9.26 Å². The summed E-state index contributed by atoms with van der Waals surface area (Å²) in [6.07, 6.45) is 4.48. The van der Waals surface area contributed by atoms with Crippen molar-refractivity contribution >= 4 is 9.47 Å². The van der Waals surface area contributed by atoms with Crippen molar-refractivity contribution < 1.29 is 31.9 Å². The van der Waals surface area contributed by atoms with Gasteiger partial charge in [0.15, 0.2) is 0 Å². The lowest BCUT2D eigenvalue weighted by Gasteiger charge is -2.22. The Labute approximate surface area is 183 Å². The average Bonchev–Trinajstić information content (AvgIpc) is 3.04. The fourth-order valence-electron chi connectivity index (χ4n) is 3.82. The Morgan fingerprint density at radius 1 is 1.26 bits per heavy atom. The van der Waals surface area contributed by atoms with Crippen molar-refractivity contribution in [1.82, 2.24) is 0 Å². The van der Waals surface area contributed by atoms with Gasteiger partial charge in [-0.15, -0.1) is 0 Å². The predicted octanol–water partition coefficient (Wildman–Crippen LogP) is 6.29. The van der Waals surface area contributed by atoms with E-state index in [9.17, 15) is 22.7 Å². The van der Waals surface area contributed by atoms with E-state index >= 15 is 0 Å². The van der Waals surface area contributed by atoms with E-state index in [0.717, 1.165) is 37.8 Å². The molecule has 1 aromatic carbocycles. The Morgan fingerprint density at radius 2 is 2.00 bits per heavy atom. The first-order valence-corrected chi connectivity index (χ1v) is 11.0. The van der Waals surface area contributed by atoms with Crippen molar-refractivity contribution in [2.75, 3.05) is 6.61 Å². The molecule has 174 valence electrons. The van der Waals surface area contributed by atoms with Crippen LogP contribution >= 0.6 is 9.47 Å². The predicted molar refractivity (Wildman–Crippen MR) is 116 cm³/mol. The molecule has 1 aliphatic carbocycles. The number of hydrogen-bond acceptors (Lipinski definition) is 3. The van der Waals surface area contributed by atoms with Crippen LogP contribution in [0.2, 0.25) is 0 Å². The molecular weight excluding hydrogens is 431 g/mol. The molecule has 4 unspecified atom stereocenters. The number of benzene rings is 1. The molecule has 1 aromatic rings. The summed E-state index contributed by atoms with van der Waals surface area (Å²) < 4.78 is 63.6. The molecule has 1 N–H and O–H groups in total. The molecular formula is C23H31F4O3P. The maximum Gasteiger partial charge on any atom is 0.416 e. The number of hydrogen-bond donors (Lipinski definition) is 1. The molecule has 0 radical (unpaired) electrons. The normalized spacial score (nSPS) is 25.5. The molecule has 0 aromatic heterocycles. The van der Waals surface area contributed by atoms with Crippen LogP contribution in [0.1, 0.15) is 44.6 Å². The molecule has 0 spiro atoms. The van der Waals surface area contributed by atoms with Gasteiger partial charge in [-0.3, -0.25) is 0 Å². The zero-order chi connectivity index (χ0) is 22.9. The van der Waals surface area contributed by atoms with E-state index in [0.29, 0.717) is 6.42 Å². The van der Waals surface area contributed by atoms with E-state index in [1.54, 1.807) is 6.08 Å². The first-order valence-electron chi connectivity index (χ1n) is 10.6. The summed E-state index contributed by atoms with van der Waals surface area (Å²) in [6.45, 7) is 1.88. The molecule has 1 fully saturated rings. The van der Waals surface area contributed by atoms with Gasteiger partial charge in [0.25, 0.3) is 0 Å². The smallest absolute Gasteiger partial charge is 0.416 e. The lowest BCUT2D eigenvalue weighted by atomic mass is 9.89. The van der Waals surface area contributed by atoms with Gasteiger partial charge in [0.2, 0.25) is 0 Å². The van der Waals surface area contributed by atoms with Crippen LogP contribution in [-0.4, -0.2) is 30.1 Å². The standard InChI is InChI=1S/C23H31F4O3P/c1-2-3-4-5-6-10-20-19(21(24)14-22(20)30-31)12-11-17(28)15-29-18-9-7-8-16(13-18)23(25,26)27/h4-5,7-9,11-13,17,19-22,28H,2-3,6,10,14-15,31H2,1H3/b5-4-,12-11+/t17?,19-,20-,21?,22?/m1/s1. The van der Waals surface area contributed by atoms with Gasteiger partial charge in [-0.2, -0.15) is 13.2 Å². The Kier molecular flexibility index (Phi) is 10.5. The Hall–Kier alpha value is -1.43. The highest BCUT2D eigenvalue weighted by Gasteiger charge is 2.42. The molecule has 2 rings (SSSR count). The summed E-state index contributed by atoms with van der Waals surface area (Å²) in [5.41, 5.74) is -0.819. The number of halogens is 4. The molecule has 1 saturated carbocycles. The fourth-order valence-corrected chi connectivity index (χ4v) is 4.13. The van der Waals surface area contributed by atoms with Crippen LogP contribution in [0.4, 0.5) is 17.6 Å². The Balaban J connectivity index is 1.93. The maximum atomic E-state index is 14.6. The van der Waals surface area contributed by atoms with Crippen LogP contribution in [-0.2, 0) is 10.7 Å². The second-order valence-corrected chi connectivity index (χ2v) is 8.07. The first kappa shape index (κ1) is 25.8. The van der Waals surface area contributed by atoms with Gasteiger partial charge in [-0.1, -0.05) is 43.7 Å². The molecule has 0 aliphatic heterocycles. The van der Waals surface area contributed by atoms with E-state index in [1.807, 2.05) is 0 Å². The fraction of sp³-hybridized carbons (Fsp3) is 0.565. The highest BCUT2D eigenvalue weighted by atomic mass is 31.0. The minimum absolute atomic E-state index is 0.0136. The van der Waals surface area contributed by atoms with Crippen molar-refractivity contribution in [2.45, 2.75) is 63.6 Å². The van der Waals surface area contributed by atoms with Gasteiger partial charge in [-0.05, 0) is 43.4 Å². The third-order valence-electron chi connectivity index (χ3n) is 5.45. The summed E-state index contributed by atoms with van der Waals surface area (Å²) >= 11 is 0. The zero-order valence-electron chi connectivity index (χ0n) is 17.6. The number of ether oxygens (including phenoxy) is 1. The second-order valence-electron chi connectivity index (χ2n) is 7.79. The minimum atomic E-state index is -4.46. The van der Waals surface area contributed by atoms with Crippen LogP contribution in [0.25, 0.3) is 0 Å². The maximum absolute atomic E-state index is 14.6. The second kappa shape index (κ2) is 12.6.